The molecule has 0 bridgehead atoms. The Bertz CT molecular complexity index is 1040. The van der Waals surface area contributed by atoms with Crippen LogP contribution in [0.3, 0.4) is 0 Å². The highest BCUT2D eigenvalue weighted by atomic mass is 19.4. The zero-order chi connectivity index (χ0) is 19.9. The first-order valence-corrected chi connectivity index (χ1v) is 8.59. The number of amides is 1. The van der Waals surface area contributed by atoms with Crippen molar-refractivity contribution < 1.29 is 22.7 Å². The smallest absolute Gasteiger partial charge is 0.416 e. The molecule has 0 radical (unpaired) electrons. The molecule has 28 heavy (non-hydrogen) atoms. The number of alkyl halides is 3. The first-order valence-electron chi connectivity index (χ1n) is 8.59. The molecule has 0 atom stereocenters. The minimum atomic E-state index is -4.47. The van der Waals surface area contributed by atoms with Gasteiger partial charge < -0.3 is 9.64 Å². The molecule has 0 aliphatic carbocycles. The Hall–Kier alpha value is -3.29. The van der Waals surface area contributed by atoms with Crippen LogP contribution in [0.2, 0.25) is 0 Å². The van der Waals surface area contributed by atoms with Crippen molar-refractivity contribution in [1.82, 2.24) is 9.78 Å². The number of rotatable bonds is 3. The third-order valence-electron chi connectivity index (χ3n) is 4.67. The van der Waals surface area contributed by atoms with E-state index in [4.69, 9.17) is 4.74 Å². The van der Waals surface area contributed by atoms with Crippen molar-refractivity contribution in [2.24, 2.45) is 0 Å². The van der Waals surface area contributed by atoms with Gasteiger partial charge in [-0.3, -0.25) is 4.79 Å². The molecule has 0 fully saturated rings. The molecule has 144 valence electrons. The van der Waals surface area contributed by atoms with Crippen molar-refractivity contribution in [3.8, 4) is 11.4 Å². The molecule has 1 aromatic heterocycles. The van der Waals surface area contributed by atoms with Crippen LogP contribution in [0, 0.1) is 0 Å². The van der Waals surface area contributed by atoms with E-state index in [1.807, 2.05) is 24.3 Å². The number of nitrogens with zero attached hydrogens (tertiary/aromatic N) is 3. The Morgan fingerprint density at radius 1 is 1.14 bits per heavy atom. The van der Waals surface area contributed by atoms with Crippen molar-refractivity contribution in [2.75, 3.05) is 18.6 Å². The highest BCUT2D eigenvalue weighted by molar-refractivity contribution is 6.07. The van der Waals surface area contributed by atoms with Crippen LogP contribution in [0.1, 0.15) is 21.6 Å². The Balaban J connectivity index is 1.71. The molecular formula is C20H16F3N3O2. The Kier molecular flexibility index (Phi) is 4.33. The second-order valence-corrected chi connectivity index (χ2v) is 6.37. The molecule has 0 N–H and O–H groups in total. The molecule has 0 spiro atoms. The Morgan fingerprint density at radius 3 is 2.68 bits per heavy atom. The van der Waals surface area contributed by atoms with Gasteiger partial charge in [-0.1, -0.05) is 24.3 Å². The van der Waals surface area contributed by atoms with Crippen LogP contribution >= 0.6 is 0 Å². The standard InChI is InChI=1S/C20H16F3N3O2/c1-28-17-12-26(15-7-4-6-14(11-15)20(21,22)23)24-18(17)19(27)25-10-9-13-5-2-3-8-16(13)25/h2-8,11-12H,9-10H2,1H3. The number of hydrogen-bond acceptors (Lipinski definition) is 3. The molecular weight excluding hydrogens is 371 g/mol. The zero-order valence-electron chi connectivity index (χ0n) is 14.9. The molecule has 0 saturated carbocycles. The van der Waals surface area contributed by atoms with Gasteiger partial charge in [0.15, 0.2) is 11.4 Å². The van der Waals surface area contributed by atoms with Crippen molar-refractivity contribution in [1.29, 1.82) is 0 Å². The average Bonchev–Trinajstić information content (AvgIpc) is 3.31. The van der Waals surface area contributed by atoms with E-state index in [9.17, 15) is 18.0 Å². The third kappa shape index (κ3) is 3.11. The summed E-state index contributed by atoms with van der Waals surface area (Å²) in [5.74, 6) is -0.153. The summed E-state index contributed by atoms with van der Waals surface area (Å²) < 4.78 is 45.5. The fourth-order valence-corrected chi connectivity index (χ4v) is 3.29. The van der Waals surface area contributed by atoms with Crippen LogP contribution in [0.25, 0.3) is 5.69 Å². The molecule has 3 aromatic rings. The number of halogens is 3. The molecule has 0 saturated heterocycles. The van der Waals surface area contributed by atoms with E-state index in [-0.39, 0.29) is 23.0 Å². The number of anilines is 1. The molecule has 0 unspecified atom stereocenters. The number of hydrogen-bond donors (Lipinski definition) is 0. The van der Waals surface area contributed by atoms with Crippen LogP contribution in [-0.2, 0) is 12.6 Å². The van der Waals surface area contributed by atoms with Crippen molar-refractivity contribution in [2.45, 2.75) is 12.6 Å². The first-order chi connectivity index (χ1) is 13.4. The second-order valence-electron chi connectivity index (χ2n) is 6.37. The molecule has 2 heterocycles. The summed E-state index contributed by atoms with van der Waals surface area (Å²) in [4.78, 5) is 14.7. The maximum absolute atomic E-state index is 13.1. The second kappa shape index (κ2) is 6.70. The van der Waals surface area contributed by atoms with Crippen LogP contribution in [0.5, 0.6) is 5.75 Å². The number of para-hydroxylation sites is 1. The Morgan fingerprint density at radius 2 is 1.93 bits per heavy atom. The van der Waals surface area contributed by atoms with E-state index in [2.05, 4.69) is 5.10 Å². The van der Waals surface area contributed by atoms with E-state index in [1.54, 1.807) is 4.90 Å². The quantitative estimate of drug-likeness (QED) is 0.680. The van der Waals surface area contributed by atoms with Gasteiger partial charge in [-0.25, -0.2) is 4.68 Å². The lowest BCUT2D eigenvalue weighted by Gasteiger charge is -2.16. The normalized spacial score (nSPS) is 13.5. The van der Waals surface area contributed by atoms with Gasteiger partial charge in [0.05, 0.1) is 24.6 Å². The molecule has 4 rings (SSSR count). The average molecular weight is 387 g/mol. The van der Waals surface area contributed by atoms with Crippen LogP contribution in [0.4, 0.5) is 18.9 Å². The minimum absolute atomic E-state index is 0.0524. The van der Waals surface area contributed by atoms with Gasteiger partial charge in [-0.15, -0.1) is 0 Å². The fourth-order valence-electron chi connectivity index (χ4n) is 3.29. The number of benzene rings is 2. The van der Waals surface area contributed by atoms with Gasteiger partial charge in [-0.2, -0.15) is 18.3 Å². The lowest BCUT2D eigenvalue weighted by atomic mass is 10.2. The van der Waals surface area contributed by atoms with Gasteiger partial charge >= 0.3 is 6.18 Å². The van der Waals surface area contributed by atoms with Gasteiger partial charge in [-0.05, 0) is 36.2 Å². The number of carbonyl (C=O) groups is 1. The lowest BCUT2D eigenvalue weighted by molar-refractivity contribution is -0.137. The summed E-state index contributed by atoms with van der Waals surface area (Å²) in [6.07, 6.45) is -2.32. The van der Waals surface area contributed by atoms with Gasteiger partial charge in [0.2, 0.25) is 0 Å². The van der Waals surface area contributed by atoms with E-state index in [0.717, 1.165) is 29.8 Å². The number of carbonyl (C=O) groups excluding carboxylic acids is 1. The summed E-state index contributed by atoms with van der Waals surface area (Å²) in [7, 11) is 1.39. The van der Waals surface area contributed by atoms with E-state index >= 15 is 0 Å². The molecule has 1 aliphatic heterocycles. The zero-order valence-corrected chi connectivity index (χ0v) is 14.9. The first kappa shape index (κ1) is 18.1. The van der Waals surface area contributed by atoms with Crippen molar-refractivity contribution >= 4 is 11.6 Å². The Labute approximate surface area is 159 Å². The molecule has 5 nitrogen and oxygen atoms in total. The van der Waals surface area contributed by atoms with Crippen LogP contribution < -0.4 is 9.64 Å². The molecule has 1 amide bonds. The summed E-state index contributed by atoms with van der Waals surface area (Å²) in [6.45, 7) is 0.512. The topological polar surface area (TPSA) is 47.4 Å². The summed E-state index contributed by atoms with van der Waals surface area (Å²) in [6, 6.07) is 12.3. The molecule has 2 aromatic carbocycles. The molecule has 1 aliphatic rings. The predicted octanol–water partition coefficient (Wildman–Crippen LogP) is 4.10. The summed E-state index contributed by atoms with van der Waals surface area (Å²) in [5.41, 5.74) is 1.32. The number of fused-ring (bicyclic) bond motifs is 1. The number of ether oxygens (including phenoxy) is 1. The van der Waals surface area contributed by atoms with Gasteiger partial charge in [0.1, 0.15) is 0 Å². The van der Waals surface area contributed by atoms with E-state index in [1.165, 1.54) is 30.1 Å². The monoisotopic (exact) mass is 387 g/mol. The van der Waals surface area contributed by atoms with Crippen LogP contribution in [-0.4, -0.2) is 29.3 Å². The maximum Gasteiger partial charge on any atom is 0.416 e. The highest BCUT2D eigenvalue weighted by Gasteiger charge is 2.32. The third-order valence-corrected chi connectivity index (χ3v) is 4.67. The SMILES string of the molecule is COc1cn(-c2cccc(C(F)(F)F)c2)nc1C(=O)N1CCc2ccccc21. The summed E-state index contributed by atoms with van der Waals surface area (Å²) >= 11 is 0. The largest absolute Gasteiger partial charge is 0.493 e. The maximum atomic E-state index is 13.1. The minimum Gasteiger partial charge on any atom is -0.493 e. The molecule has 8 heteroatoms. The van der Waals surface area contributed by atoms with Gasteiger partial charge in [0, 0.05) is 12.2 Å². The predicted molar refractivity (Wildman–Crippen MR) is 96.9 cm³/mol. The van der Waals surface area contributed by atoms with Crippen molar-refractivity contribution in [3.05, 3.63) is 71.5 Å². The van der Waals surface area contributed by atoms with Crippen LogP contribution in [0.15, 0.2) is 54.7 Å². The van der Waals surface area contributed by atoms with Gasteiger partial charge in [0.25, 0.3) is 5.91 Å². The number of methoxy groups -OCH3 is 1. The lowest BCUT2D eigenvalue weighted by Crippen LogP contribution is -2.29. The number of aromatic nitrogens is 2. The van der Waals surface area contributed by atoms with Crippen molar-refractivity contribution in [3.63, 3.8) is 0 Å². The summed E-state index contributed by atoms with van der Waals surface area (Å²) in [5, 5.41) is 4.22. The highest BCUT2D eigenvalue weighted by Crippen LogP contribution is 2.32. The fraction of sp³-hybridized carbons (Fsp3) is 0.200. The van der Waals surface area contributed by atoms with E-state index in [0.29, 0.717) is 6.54 Å². The van der Waals surface area contributed by atoms with E-state index < -0.39 is 11.7 Å².